The number of rotatable bonds is 8. The summed E-state index contributed by atoms with van der Waals surface area (Å²) < 4.78 is 5.59. The molecule has 4 rings (SSSR count). The fourth-order valence-electron chi connectivity index (χ4n) is 4.79. The molecule has 2 atom stereocenters. The Morgan fingerprint density at radius 1 is 1.12 bits per heavy atom. The second-order valence-electron chi connectivity index (χ2n) is 8.91. The van der Waals surface area contributed by atoms with Gasteiger partial charge in [-0.3, -0.25) is 14.5 Å². The summed E-state index contributed by atoms with van der Waals surface area (Å²) in [6.07, 6.45) is 2.62. The number of benzene rings is 2. The predicted molar refractivity (Wildman–Crippen MR) is 124 cm³/mol. The second-order valence-corrected chi connectivity index (χ2v) is 8.91. The number of nitrogens with one attached hydrogen (secondary N) is 1. The molecule has 2 aliphatic heterocycles. The van der Waals surface area contributed by atoms with Gasteiger partial charge in [-0.1, -0.05) is 48.0 Å². The highest BCUT2D eigenvalue weighted by molar-refractivity contribution is 5.89. The molecule has 2 aliphatic rings. The molecule has 2 aromatic carbocycles. The SMILES string of the molecule is COc1ccccc1[C@H](CNC(=O)[C@@H]1CC(=O)N(Cc2ccc(C)cc2)C1)N1CCCC1. The van der Waals surface area contributed by atoms with Gasteiger partial charge in [-0.05, 0) is 44.5 Å². The number of ether oxygens (including phenoxy) is 1. The summed E-state index contributed by atoms with van der Waals surface area (Å²) in [5, 5.41) is 3.15. The lowest BCUT2D eigenvalue weighted by molar-refractivity contribution is -0.129. The molecule has 2 heterocycles. The Morgan fingerprint density at radius 2 is 1.84 bits per heavy atom. The maximum Gasteiger partial charge on any atom is 0.225 e. The van der Waals surface area contributed by atoms with Gasteiger partial charge in [-0.25, -0.2) is 0 Å². The Kier molecular flexibility index (Phi) is 7.10. The van der Waals surface area contributed by atoms with Crippen LogP contribution in [0.1, 0.15) is 42.0 Å². The van der Waals surface area contributed by atoms with E-state index < -0.39 is 0 Å². The lowest BCUT2D eigenvalue weighted by atomic mass is 10.0. The standard InChI is InChI=1S/C26H33N3O3/c1-19-9-11-20(12-10-19)17-29-18-21(15-25(29)30)26(31)27-16-23(28-13-5-6-14-28)22-7-3-4-8-24(22)32-2/h3-4,7-12,21,23H,5-6,13-18H2,1-2H3,(H,27,31)/t21-,23+/m1/s1. The maximum atomic E-state index is 13.0. The number of hydrogen-bond acceptors (Lipinski definition) is 4. The van der Waals surface area contributed by atoms with E-state index in [1.54, 1.807) is 12.0 Å². The molecule has 0 spiro atoms. The van der Waals surface area contributed by atoms with Gasteiger partial charge in [0.2, 0.25) is 11.8 Å². The Hall–Kier alpha value is -2.86. The highest BCUT2D eigenvalue weighted by atomic mass is 16.5. The van der Waals surface area contributed by atoms with Crippen molar-refractivity contribution in [3.63, 3.8) is 0 Å². The normalized spacial score (nSPS) is 19.9. The Balaban J connectivity index is 1.38. The minimum Gasteiger partial charge on any atom is -0.496 e. The molecule has 6 nitrogen and oxygen atoms in total. The quantitative estimate of drug-likeness (QED) is 0.691. The number of methoxy groups -OCH3 is 1. The first-order valence-corrected chi connectivity index (χ1v) is 11.5. The van der Waals surface area contributed by atoms with Gasteiger partial charge in [0.05, 0.1) is 19.1 Å². The summed E-state index contributed by atoms with van der Waals surface area (Å²) >= 11 is 0. The number of para-hydroxylation sites is 1. The second kappa shape index (κ2) is 10.2. The number of amides is 2. The molecule has 0 aliphatic carbocycles. The Morgan fingerprint density at radius 3 is 2.56 bits per heavy atom. The molecule has 0 saturated carbocycles. The first-order valence-electron chi connectivity index (χ1n) is 11.5. The van der Waals surface area contributed by atoms with E-state index in [4.69, 9.17) is 4.74 Å². The van der Waals surface area contributed by atoms with Crippen molar-refractivity contribution < 1.29 is 14.3 Å². The molecule has 0 bridgehead atoms. The van der Waals surface area contributed by atoms with Crippen molar-refractivity contribution in [1.29, 1.82) is 0 Å². The van der Waals surface area contributed by atoms with Crippen LogP contribution in [0.5, 0.6) is 5.75 Å². The van der Waals surface area contributed by atoms with Crippen LogP contribution in [0.2, 0.25) is 0 Å². The van der Waals surface area contributed by atoms with E-state index in [1.165, 1.54) is 18.4 Å². The summed E-state index contributed by atoms with van der Waals surface area (Å²) in [6.45, 7) is 5.63. The summed E-state index contributed by atoms with van der Waals surface area (Å²) in [6, 6.07) is 16.3. The number of likely N-dealkylation sites (tertiary alicyclic amines) is 2. The van der Waals surface area contributed by atoms with Gasteiger partial charge in [-0.15, -0.1) is 0 Å². The highest BCUT2D eigenvalue weighted by Gasteiger charge is 2.35. The number of carbonyl (C=O) groups excluding carboxylic acids is 2. The molecular formula is C26H33N3O3. The molecule has 2 aromatic rings. The molecule has 0 radical (unpaired) electrons. The third-order valence-electron chi connectivity index (χ3n) is 6.63. The third kappa shape index (κ3) is 5.13. The van der Waals surface area contributed by atoms with Crippen LogP contribution in [0.15, 0.2) is 48.5 Å². The van der Waals surface area contributed by atoms with Crippen LogP contribution in [-0.4, -0.2) is 54.9 Å². The lowest BCUT2D eigenvalue weighted by Gasteiger charge is -2.29. The molecular weight excluding hydrogens is 402 g/mol. The molecule has 1 N–H and O–H groups in total. The molecule has 32 heavy (non-hydrogen) atoms. The molecule has 6 heteroatoms. The largest absolute Gasteiger partial charge is 0.496 e. The van der Waals surface area contributed by atoms with E-state index in [-0.39, 0.29) is 30.2 Å². The average Bonchev–Trinajstić information content (AvgIpc) is 3.46. The van der Waals surface area contributed by atoms with Crippen LogP contribution in [0, 0.1) is 12.8 Å². The molecule has 170 valence electrons. The molecule has 2 saturated heterocycles. The van der Waals surface area contributed by atoms with Crippen molar-refractivity contribution in [3.8, 4) is 5.75 Å². The topological polar surface area (TPSA) is 61.9 Å². The molecule has 0 aromatic heterocycles. The number of hydrogen-bond donors (Lipinski definition) is 1. The van der Waals surface area contributed by atoms with Crippen molar-refractivity contribution >= 4 is 11.8 Å². The van der Waals surface area contributed by atoms with Crippen LogP contribution in [0.4, 0.5) is 0 Å². The number of aryl methyl sites for hydroxylation is 1. The molecule has 2 amide bonds. The van der Waals surface area contributed by atoms with Gasteiger partial charge in [-0.2, -0.15) is 0 Å². The first kappa shape index (κ1) is 22.3. The minimum absolute atomic E-state index is 0.0381. The number of carbonyl (C=O) groups is 2. The average molecular weight is 436 g/mol. The van der Waals surface area contributed by atoms with E-state index in [0.717, 1.165) is 30.0 Å². The van der Waals surface area contributed by atoms with Gasteiger partial charge in [0.15, 0.2) is 0 Å². The van der Waals surface area contributed by atoms with Gasteiger partial charge < -0.3 is 15.0 Å². The fourth-order valence-corrected chi connectivity index (χ4v) is 4.79. The van der Waals surface area contributed by atoms with Crippen LogP contribution < -0.4 is 10.1 Å². The smallest absolute Gasteiger partial charge is 0.225 e. The van der Waals surface area contributed by atoms with E-state index >= 15 is 0 Å². The summed E-state index contributed by atoms with van der Waals surface area (Å²) in [7, 11) is 1.69. The van der Waals surface area contributed by atoms with Crippen molar-refractivity contribution in [2.75, 3.05) is 33.3 Å². The third-order valence-corrected chi connectivity index (χ3v) is 6.63. The van der Waals surface area contributed by atoms with Gasteiger partial charge >= 0.3 is 0 Å². The van der Waals surface area contributed by atoms with Crippen molar-refractivity contribution in [2.24, 2.45) is 5.92 Å². The summed E-state index contributed by atoms with van der Waals surface area (Å²) in [5.74, 6) is 0.555. The number of nitrogens with zero attached hydrogens (tertiary/aromatic N) is 2. The lowest BCUT2D eigenvalue weighted by Crippen LogP contribution is -2.40. The Labute approximate surface area is 190 Å². The Bertz CT molecular complexity index is 938. The van der Waals surface area contributed by atoms with Crippen LogP contribution in [-0.2, 0) is 16.1 Å². The van der Waals surface area contributed by atoms with E-state index in [1.807, 2.05) is 37.3 Å². The van der Waals surface area contributed by atoms with E-state index in [0.29, 0.717) is 19.6 Å². The van der Waals surface area contributed by atoms with Crippen molar-refractivity contribution in [3.05, 3.63) is 65.2 Å². The molecule has 0 unspecified atom stereocenters. The minimum atomic E-state index is -0.301. The van der Waals surface area contributed by atoms with Gasteiger partial charge in [0, 0.05) is 31.6 Å². The van der Waals surface area contributed by atoms with Gasteiger partial charge in [0.1, 0.15) is 5.75 Å². The fraction of sp³-hybridized carbons (Fsp3) is 0.462. The highest BCUT2D eigenvalue weighted by Crippen LogP contribution is 2.31. The van der Waals surface area contributed by atoms with E-state index in [2.05, 4.69) is 28.4 Å². The van der Waals surface area contributed by atoms with Crippen molar-refractivity contribution in [2.45, 2.75) is 38.8 Å². The van der Waals surface area contributed by atoms with Crippen molar-refractivity contribution in [1.82, 2.24) is 15.1 Å². The van der Waals surface area contributed by atoms with Crippen LogP contribution >= 0.6 is 0 Å². The van der Waals surface area contributed by atoms with Gasteiger partial charge in [0.25, 0.3) is 0 Å². The zero-order valence-electron chi connectivity index (χ0n) is 19.0. The maximum absolute atomic E-state index is 13.0. The summed E-state index contributed by atoms with van der Waals surface area (Å²) in [4.78, 5) is 29.7. The van der Waals surface area contributed by atoms with Crippen LogP contribution in [0.3, 0.4) is 0 Å². The monoisotopic (exact) mass is 435 g/mol. The van der Waals surface area contributed by atoms with Crippen LogP contribution in [0.25, 0.3) is 0 Å². The summed E-state index contributed by atoms with van der Waals surface area (Å²) in [5.41, 5.74) is 3.39. The predicted octanol–water partition coefficient (Wildman–Crippen LogP) is 3.31. The first-order chi connectivity index (χ1) is 15.5. The zero-order valence-corrected chi connectivity index (χ0v) is 19.0. The zero-order chi connectivity index (χ0) is 22.5. The van der Waals surface area contributed by atoms with E-state index in [9.17, 15) is 9.59 Å². The molecule has 2 fully saturated rings.